The van der Waals surface area contributed by atoms with Gasteiger partial charge >= 0.3 is 5.97 Å². The Hall–Kier alpha value is -1.40. The molecular weight excluding hydrogens is 285 g/mol. The van der Waals surface area contributed by atoms with Gasteiger partial charge in [0.1, 0.15) is 15.7 Å². The number of carboxylic acid groups (broad SMARTS) is 1. The maximum atomic E-state index is 13.4. The van der Waals surface area contributed by atoms with Crippen molar-refractivity contribution in [3.05, 3.63) is 45.7 Å². The van der Waals surface area contributed by atoms with E-state index < -0.39 is 5.97 Å². The number of carboxylic acids is 1. The minimum Gasteiger partial charge on any atom is -0.477 e. The molecule has 1 aromatic carbocycles. The standard InChI is InChI=1S/C13H12FNO2S2/c1-2-9-12(13(16)17)19-11(15-9)7-18-10-6-4-3-5-8(10)14/h3-6H,2,7H2,1H3,(H,16,17). The number of hydrogen-bond donors (Lipinski definition) is 1. The summed E-state index contributed by atoms with van der Waals surface area (Å²) in [6.07, 6.45) is 0.586. The van der Waals surface area contributed by atoms with Gasteiger partial charge in [-0.15, -0.1) is 23.1 Å². The van der Waals surface area contributed by atoms with Gasteiger partial charge in [0.2, 0.25) is 0 Å². The molecule has 0 spiro atoms. The van der Waals surface area contributed by atoms with Gasteiger partial charge in [-0.1, -0.05) is 19.1 Å². The summed E-state index contributed by atoms with van der Waals surface area (Å²) in [6.45, 7) is 1.87. The lowest BCUT2D eigenvalue weighted by molar-refractivity contribution is 0.0701. The van der Waals surface area contributed by atoms with E-state index in [1.807, 2.05) is 6.92 Å². The Morgan fingerprint density at radius 2 is 2.21 bits per heavy atom. The lowest BCUT2D eigenvalue weighted by Crippen LogP contribution is -1.97. The second-order valence-electron chi connectivity index (χ2n) is 3.76. The van der Waals surface area contributed by atoms with Crippen molar-refractivity contribution >= 4 is 29.1 Å². The van der Waals surface area contributed by atoms with E-state index in [2.05, 4.69) is 4.98 Å². The molecule has 2 rings (SSSR count). The Bertz CT molecular complexity index is 598. The van der Waals surface area contributed by atoms with Crippen molar-refractivity contribution in [3.8, 4) is 0 Å². The fourth-order valence-electron chi connectivity index (χ4n) is 1.57. The summed E-state index contributed by atoms with van der Waals surface area (Å²) < 4.78 is 13.4. The van der Waals surface area contributed by atoms with Crippen molar-refractivity contribution in [3.63, 3.8) is 0 Å². The molecule has 0 aliphatic rings. The van der Waals surface area contributed by atoms with Crippen LogP contribution in [0.25, 0.3) is 0 Å². The van der Waals surface area contributed by atoms with Gasteiger partial charge in [0.25, 0.3) is 0 Å². The highest BCUT2D eigenvalue weighted by Crippen LogP contribution is 2.28. The van der Waals surface area contributed by atoms with Crippen LogP contribution in [0.5, 0.6) is 0 Å². The Morgan fingerprint density at radius 3 is 2.79 bits per heavy atom. The zero-order valence-corrected chi connectivity index (χ0v) is 11.9. The average molecular weight is 297 g/mol. The number of benzene rings is 1. The van der Waals surface area contributed by atoms with Gasteiger partial charge < -0.3 is 5.11 Å². The molecule has 0 aliphatic heterocycles. The Balaban J connectivity index is 2.12. The number of aromatic carboxylic acids is 1. The smallest absolute Gasteiger partial charge is 0.347 e. The molecule has 3 nitrogen and oxygen atoms in total. The number of thiazole rings is 1. The van der Waals surface area contributed by atoms with E-state index in [9.17, 15) is 9.18 Å². The van der Waals surface area contributed by atoms with E-state index in [1.165, 1.54) is 17.8 Å². The highest BCUT2D eigenvalue weighted by molar-refractivity contribution is 7.98. The maximum Gasteiger partial charge on any atom is 0.347 e. The van der Waals surface area contributed by atoms with Crippen LogP contribution < -0.4 is 0 Å². The van der Waals surface area contributed by atoms with Crippen LogP contribution in [0.1, 0.15) is 27.3 Å². The monoisotopic (exact) mass is 297 g/mol. The fraction of sp³-hybridized carbons (Fsp3) is 0.231. The molecule has 100 valence electrons. The van der Waals surface area contributed by atoms with Crippen LogP contribution >= 0.6 is 23.1 Å². The van der Waals surface area contributed by atoms with Crippen LogP contribution in [0.4, 0.5) is 4.39 Å². The van der Waals surface area contributed by atoms with Crippen LogP contribution in [-0.4, -0.2) is 16.1 Å². The first kappa shape index (κ1) is 14.0. The van der Waals surface area contributed by atoms with E-state index in [0.29, 0.717) is 27.8 Å². The first-order valence-electron chi connectivity index (χ1n) is 5.71. The van der Waals surface area contributed by atoms with Crippen molar-refractivity contribution in [2.24, 2.45) is 0 Å². The molecule has 19 heavy (non-hydrogen) atoms. The highest BCUT2D eigenvalue weighted by Gasteiger charge is 2.16. The average Bonchev–Trinajstić information content (AvgIpc) is 2.81. The van der Waals surface area contributed by atoms with Crippen LogP contribution in [0.2, 0.25) is 0 Å². The van der Waals surface area contributed by atoms with Crippen LogP contribution in [0.3, 0.4) is 0 Å². The third-order valence-electron chi connectivity index (χ3n) is 2.46. The van der Waals surface area contributed by atoms with E-state index in [1.54, 1.807) is 18.2 Å². The van der Waals surface area contributed by atoms with Gasteiger partial charge in [0, 0.05) is 4.90 Å². The molecule has 0 atom stereocenters. The number of halogens is 1. The van der Waals surface area contributed by atoms with Crippen LogP contribution in [0.15, 0.2) is 29.2 Å². The SMILES string of the molecule is CCc1nc(CSc2ccccc2F)sc1C(=O)O. The molecule has 1 aromatic heterocycles. The quantitative estimate of drug-likeness (QED) is 0.852. The number of aromatic nitrogens is 1. The van der Waals surface area contributed by atoms with E-state index in [-0.39, 0.29) is 10.7 Å². The summed E-state index contributed by atoms with van der Waals surface area (Å²) in [5.41, 5.74) is 0.599. The highest BCUT2D eigenvalue weighted by atomic mass is 32.2. The van der Waals surface area contributed by atoms with Crippen molar-refractivity contribution in [1.82, 2.24) is 4.98 Å². The molecule has 0 fully saturated rings. The minimum atomic E-state index is -0.948. The van der Waals surface area contributed by atoms with Crippen LogP contribution in [-0.2, 0) is 12.2 Å². The lowest BCUT2D eigenvalue weighted by atomic mass is 10.3. The summed E-state index contributed by atoms with van der Waals surface area (Å²) in [7, 11) is 0. The fourth-order valence-corrected chi connectivity index (χ4v) is 3.49. The van der Waals surface area contributed by atoms with Crippen molar-refractivity contribution in [1.29, 1.82) is 0 Å². The molecular formula is C13H12FNO2S2. The number of carbonyl (C=O) groups is 1. The van der Waals surface area contributed by atoms with Gasteiger partial charge in [-0.3, -0.25) is 0 Å². The van der Waals surface area contributed by atoms with E-state index in [4.69, 9.17) is 5.11 Å². The van der Waals surface area contributed by atoms with Gasteiger partial charge in [0.05, 0.1) is 11.4 Å². The van der Waals surface area contributed by atoms with E-state index >= 15 is 0 Å². The maximum absolute atomic E-state index is 13.4. The Labute approximate surface area is 118 Å². The van der Waals surface area contributed by atoms with Crippen molar-refractivity contribution < 1.29 is 14.3 Å². The van der Waals surface area contributed by atoms with Crippen LogP contribution in [0, 0.1) is 5.82 Å². The molecule has 1 heterocycles. The molecule has 1 N–H and O–H groups in total. The van der Waals surface area contributed by atoms with Gasteiger partial charge in [-0.05, 0) is 18.6 Å². The first-order valence-corrected chi connectivity index (χ1v) is 7.51. The molecule has 0 amide bonds. The molecule has 6 heteroatoms. The predicted octanol–water partition coefficient (Wildman–Crippen LogP) is 3.84. The zero-order chi connectivity index (χ0) is 13.8. The summed E-state index contributed by atoms with van der Waals surface area (Å²) >= 11 is 2.49. The normalized spacial score (nSPS) is 10.6. The number of nitrogens with zero attached hydrogens (tertiary/aromatic N) is 1. The largest absolute Gasteiger partial charge is 0.477 e. The number of rotatable bonds is 5. The van der Waals surface area contributed by atoms with Gasteiger partial charge in [-0.25, -0.2) is 14.2 Å². The molecule has 0 saturated carbocycles. The molecule has 0 saturated heterocycles. The molecule has 0 bridgehead atoms. The second kappa shape index (κ2) is 6.16. The number of aryl methyl sites for hydroxylation is 1. The summed E-state index contributed by atoms with van der Waals surface area (Å²) in [4.78, 5) is 16.1. The molecule has 0 aliphatic carbocycles. The Kier molecular flexibility index (Phi) is 4.55. The predicted molar refractivity (Wildman–Crippen MR) is 74.4 cm³/mol. The summed E-state index contributed by atoms with van der Waals surface area (Å²) in [6, 6.07) is 6.52. The third kappa shape index (κ3) is 3.33. The molecule has 2 aromatic rings. The third-order valence-corrected chi connectivity index (χ3v) is 4.79. The lowest BCUT2D eigenvalue weighted by Gasteiger charge is -2.00. The van der Waals surface area contributed by atoms with Crippen molar-refractivity contribution in [2.75, 3.05) is 0 Å². The number of hydrogen-bond acceptors (Lipinski definition) is 4. The Morgan fingerprint density at radius 1 is 1.47 bits per heavy atom. The topological polar surface area (TPSA) is 50.2 Å². The van der Waals surface area contributed by atoms with Crippen molar-refractivity contribution in [2.45, 2.75) is 24.0 Å². The molecule has 0 unspecified atom stereocenters. The minimum absolute atomic E-state index is 0.266. The first-order chi connectivity index (χ1) is 9.11. The van der Waals surface area contributed by atoms with Gasteiger partial charge in [0.15, 0.2) is 0 Å². The van der Waals surface area contributed by atoms with Gasteiger partial charge in [-0.2, -0.15) is 0 Å². The molecule has 0 radical (unpaired) electrons. The zero-order valence-electron chi connectivity index (χ0n) is 10.2. The second-order valence-corrected chi connectivity index (χ2v) is 5.86. The summed E-state index contributed by atoms with van der Waals surface area (Å²) in [5.74, 6) is -0.735. The van der Waals surface area contributed by atoms with E-state index in [0.717, 1.165) is 11.3 Å². The number of thioether (sulfide) groups is 1. The summed E-state index contributed by atoms with van der Waals surface area (Å²) in [5, 5.41) is 9.75.